The van der Waals surface area contributed by atoms with Crippen molar-refractivity contribution in [1.82, 2.24) is 15.0 Å². The highest BCUT2D eigenvalue weighted by molar-refractivity contribution is 5.73. The van der Waals surface area contributed by atoms with Crippen LogP contribution in [0.25, 0.3) is 0 Å². The Labute approximate surface area is 95.5 Å². The molecule has 90 valence electrons. The molecule has 0 aromatic carbocycles. The highest BCUT2D eigenvalue weighted by Gasteiger charge is 2.16. The molecule has 5 nitrogen and oxygen atoms in total. The van der Waals surface area contributed by atoms with Gasteiger partial charge in [0.1, 0.15) is 5.69 Å². The molecule has 0 bridgehead atoms. The molecular formula is C11H19N3O2. The van der Waals surface area contributed by atoms with Gasteiger partial charge in [0.2, 0.25) is 0 Å². The number of aliphatic hydroxyl groups excluding tert-OH is 1. The van der Waals surface area contributed by atoms with Crippen LogP contribution in [-0.2, 0) is 6.54 Å². The Hall–Kier alpha value is -1.23. The van der Waals surface area contributed by atoms with Crippen molar-refractivity contribution in [1.29, 1.82) is 0 Å². The zero-order chi connectivity index (χ0) is 12.1. The van der Waals surface area contributed by atoms with E-state index < -0.39 is 0 Å². The fraction of sp³-hybridized carbons (Fsp3) is 0.727. The van der Waals surface area contributed by atoms with Crippen LogP contribution in [0.15, 0.2) is 0 Å². The van der Waals surface area contributed by atoms with Crippen molar-refractivity contribution in [2.24, 2.45) is 5.92 Å². The summed E-state index contributed by atoms with van der Waals surface area (Å²) in [6.07, 6.45) is 1.48. The number of hydrogen-bond donors (Lipinski definition) is 1. The lowest BCUT2D eigenvalue weighted by molar-refractivity contribution is 0.111. The molecule has 0 fully saturated rings. The summed E-state index contributed by atoms with van der Waals surface area (Å²) in [5.41, 5.74) is 1.30. The molecule has 0 amide bonds. The molecule has 0 saturated heterocycles. The third-order valence-corrected chi connectivity index (χ3v) is 2.57. The predicted molar refractivity (Wildman–Crippen MR) is 60.4 cm³/mol. The highest BCUT2D eigenvalue weighted by atomic mass is 16.3. The van der Waals surface area contributed by atoms with Gasteiger partial charge in [0.25, 0.3) is 0 Å². The van der Waals surface area contributed by atoms with Gasteiger partial charge < -0.3 is 5.11 Å². The first-order valence-electron chi connectivity index (χ1n) is 5.59. The van der Waals surface area contributed by atoms with Gasteiger partial charge >= 0.3 is 0 Å². The fourth-order valence-electron chi connectivity index (χ4n) is 1.75. The van der Waals surface area contributed by atoms with Crippen molar-refractivity contribution in [3.8, 4) is 0 Å². The summed E-state index contributed by atoms with van der Waals surface area (Å²) in [6, 6.07) is 0. The van der Waals surface area contributed by atoms with E-state index in [4.69, 9.17) is 5.11 Å². The molecule has 0 aliphatic heterocycles. The zero-order valence-corrected chi connectivity index (χ0v) is 10.1. The molecule has 1 N–H and O–H groups in total. The summed E-state index contributed by atoms with van der Waals surface area (Å²) in [6.45, 7) is 6.93. The second-order valence-corrected chi connectivity index (χ2v) is 4.43. The maximum Gasteiger partial charge on any atom is 0.172 e. The number of nitrogens with zero attached hydrogens (tertiary/aromatic N) is 3. The molecular weight excluding hydrogens is 206 g/mol. The van der Waals surface area contributed by atoms with Crippen LogP contribution in [0, 0.1) is 5.92 Å². The number of aliphatic hydroxyl groups is 1. The van der Waals surface area contributed by atoms with Crippen LogP contribution >= 0.6 is 0 Å². The van der Waals surface area contributed by atoms with Gasteiger partial charge in [-0.25, -0.2) is 4.68 Å². The van der Waals surface area contributed by atoms with E-state index in [0.717, 1.165) is 18.4 Å². The molecule has 0 aliphatic rings. The van der Waals surface area contributed by atoms with E-state index in [-0.39, 0.29) is 12.5 Å². The van der Waals surface area contributed by atoms with Gasteiger partial charge in [-0.1, -0.05) is 26.0 Å². The lowest BCUT2D eigenvalue weighted by Gasteiger charge is -2.13. The van der Waals surface area contributed by atoms with Gasteiger partial charge in [0.05, 0.1) is 5.69 Å². The third-order valence-electron chi connectivity index (χ3n) is 2.57. The summed E-state index contributed by atoms with van der Waals surface area (Å²) in [7, 11) is 0. The van der Waals surface area contributed by atoms with E-state index in [1.807, 2.05) is 20.8 Å². The molecule has 16 heavy (non-hydrogen) atoms. The van der Waals surface area contributed by atoms with Gasteiger partial charge in [0, 0.05) is 13.2 Å². The van der Waals surface area contributed by atoms with Crippen LogP contribution in [0.3, 0.4) is 0 Å². The SMILES string of the molecule is CC(CCO)Cn1nnc(C=O)c1C(C)C. The molecule has 1 rings (SSSR count). The highest BCUT2D eigenvalue weighted by Crippen LogP contribution is 2.18. The van der Waals surface area contributed by atoms with E-state index in [2.05, 4.69) is 10.3 Å². The molecule has 0 aliphatic carbocycles. The zero-order valence-electron chi connectivity index (χ0n) is 10.1. The average Bonchev–Trinajstić information content (AvgIpc) is 2.61. The Kier molecular flexibility index (Phi) is 4.61. The van der Waals surface area contributed by atoms with E-state index in [9.17, 15) is 4.79 Å². The first kappa shape index (κ1) is 12.8. The Bertz CT molecular complexity index is 347. The second kappa shape index (κ2) is 5.75. The standard InChI is InChI=1S/C11H19N3O2/c1-8(2)11-10(7-16)12-13-14(11)6-9(3)4-5-15/h7-9,15H,4-6H2,1-3H3. The van der Waals surface area contributed by atoms with Crippen molar-refractivity contribution in [3.63, 3.8) is 0 Å². The Morgan fingerprint density at radius 1 is 1.44 bits per heavy atom. The van der Waals surface area contributed by atoms with Crippen molar-refractivity contribution >= 4 is 6.29 Å². The van der Waals surface area contributed by atoms with Gasteiger partial charge in [-0.3, -0.25) is 4.79 Å². The van der Waals surface area contributed by atoms with Gasteiger partial charge in [-0.15, -0.1) is 5.10 Å². The summed E-state index contributed by atoms with van der Waals surface area (Å²) >= 11 is 0. The van der Waals surface area contributed by atoms with E-state index >= 15 is 0 Å². The Morgan fingerprint density at radius 2 is 2.12 bits per heavy atom. The molecule has 5 heteroatoms. The Balaban J connectivity index is 2.87. The largest absolute Gasteiger partial charge is 0.396 e. The number of carbonyl (C=O) groups is 1. The summed E-state index contributed by atoms with van der Waals surface area (Å²) in [5, 5.41) is 16.7. The molecule has 1 aromatic heterocycles. The lowest BCUT2D eigenvalue weighted by atomic mass is 10.1. The van der Waals surface area contributed by atoms with Crippen molar-refractivity contribution in [2.45, 2.75) is 39.7 Å². The molecule has 1 atom stereocenters. The second-order valence-electron chi connectivity index (χ2n) is 4.43. The average molecular weight is 225 g/mol. The number of aromatic nitrogens is 3. The van der Waals surface area contributed by atoms with Crippen LogP contribution in [0.2, 0.25) is 0 Å². The van der Waals surface area contributed by atoms with Crippen molar-refractivity contribution < 1.29 is 9.90 Å². The number of carbonyl (C=O) groups excluding carboxylic acids is 1. The first-order chi connectivity index (χ1) is 7.60. The van der Waals surface area contributed by atoms with E-state index in [0.29, 0.717) is 18.2 Å². The summed E-state index contributed by atoms with van der Waals surface area (Å²) in [4.78, 5) is 10.8. The molecule has 0 saturated carbocycles. The van der Waals surface area contributed by atoms with Gasteiger partial charge in [-0.05, 0) is 18.3 Å². The number of hydrogen-bond acceptors (Lipinski definition) is 4. The Morgan fingerprint density at radius 3 is 2.62 bits per heavy atom. The fourth-order valence-corrected chi connectivity index (χ4v) is 1.75. The van der Waals surface area contributed by atoms with E-state index in [1.54, 1.807) is 4.68 Å². The van der Waals surface area contributed by atoms with E-state index in [1.165, 1.54) is 0 Å². The normalized spacial score (nSPS) is 13.1. The monoisotopic (exact) mass is 225 g/mol. The summed E-state index contributed by atoms with van der Waals surface area (Å²) < 4.78 is 1.77. The van der Waals surface area contributed by atoms with Crippen molar-refractivity contribution in [3.05, 3.63) is 11.4 Å². The predicted octanol–water partition coefficient (Wildman–Crippen LogP) is 1.23. The third kappa shape index (κ3) is 2.88. The number of aldehydes is 1. The van der Waals surface area contributed by atoms with Gasteiger partial charge in [-0.2, -0.15) is 0 Å². The van der Waals surface area contributed by atoms with Crippen LogP contribution in [0.5, 0.6) is 0 Å². The molecule has 1 aromatic rings. The lowest BCUT2D eigenvalue weighted by Crippen LogP contribution is -2.14. The molecule has 0 spiro atoms. The van der Waals surface area contributed by atoms with Crippen LogP contribution < -0.4 is 0 Å². The molecule has 0 radical (unpaired) electrons. The summed E-state index contributed by atoms with van der Waals surface area (Å²) in [5.74, 6) is 0.542. The first-order valence-corrected chi connectivity index (χ1v) is 5.59. The minimum absolute atomic E-state index is 0.174. The minimum Gasteiger partial charge on any atom is -0.396 e. The minimum atomic E-state index is 0.174. The van der Waals surface area contributed by atoms with Crippen LogP contribution in [-0.4, -0.2) is 33.0 Å². The van der Waals surface area contributed by atoms with Gasteiger partial charge in [0.15, 0.2) is 6.29 Å². The maximum atomic E-state index is 10.8. The maximum absolute atomic E-state index is 10.8. The topological polar surface area (TPSA) is 68.0 Å². The van der Waals surface area contributed by atoms with Crippen LogP contribution in [0.1, 0.15) is 49.3 Å². The smallest absolute Gasteiger partial charge is 0.172 e. The molecule has 1 heterocycles. The quantitative estimate of drug-likeness (QED) is 0.739. The van der Waals surface area contributed by atoms with Crippen molar-refractivity contribution in [2.75, 3.05) is 6.61 Å². The molecule has 1 unspecified atom stereocenters. The number of rotatable bonds is 6. The van der Waals surface area contributed by atoms with Crippen LogP contribution in [0.4, 0.5) is 0 Å².